The minimum Gasteiger partial charge on any atom is -0.494 e. The summed E-state index contributed by atoms with van der Waals surface area (Å²) in [4.78, 5) is 40.9. The number of benzene rings is 1. The highest BCUT2D eigenvalue weighted by atomic mass is 19.1. The van der Waals surface area contributed by atoms with Gasteiger partial charge in [0.25, 0.3) is 5.91 Å². The summed E-state index contributed by atoms with van der Waals surface area (Å²) in [5, 5.41) is 5.34. The number of ether oxygens (including phenoxy) is 1. The van der Waals surface area contributed by atoms with E-state index >= 15 is 0 Å². The molecule has 0 spiro atoms. The number of amides is 4. The number of aromatic nitrogens is 1. The smallest absolute Gasteiger partial charge is 0.321 e. The first-order valence-corrected chi connectivity index (χ1v) is 9.00. The molecule has 10 heteroatoms. The van der Waals surface area contributed by atoms with Gasteiger partial charge in [0, 0.05) is 36.4 Å². The number of hydrogen-bond acceptors (Lipinski definition) is 6. The van der Waals surface area contributed by atoms with Crippen molar-refractivity contribution in [3.63, 3.8) is 0 Å². The Kier molecular flexibility index (Phi) is 5.05. The quantitative estimate of drug-likeness (QED) is 0.600. The van der Waals surface area contributed by atoms with Gasteiger partial charge < -0.3 is 19.4 Å². The van der Waals surface area contributed by atoms with Crippen LogP contribution in [0.3, 0.4) is 0 Å². The molecule has 1 aliphatic heterocycles. The van der Waals surface area contributed by atoms with Crippen molar-refractivity contribution >= 4 is 29.3 Å². The first-order chi connectivity index (χ1) is 14.5. The van der Waals surface area contributed by atoms with Gasteiger partial charge in [0.15, 0.2) is 11.6 Å². The van der Waals surface area contributed by atoms with Crippen LogP contribution < -0.4 is 15.4 Å². The topological polar surface area (TPSA) is 114 Å². The third-order valence-corrected chi connectivity index (χ3v) is 4.83. The van der Waals surface area contributed by atoms with Crippen molar-refractivity contribution in [1.82, 2.24) is 20.5 Å². The van der Waals surface area contributed by atoms with Crippen LogP contribution in [0.4, 0.5) is 9.18 Å². The highest BCUT2D eigenvalue weighted by Crippen LogP contribution is 2.31. The molecule has 154 valence electrons. The van der Waals surface area contributed by atoms with Crippen LogP contribution in [0.25, 0.3) is 11.0 Å². The van der Waals surface area contributed by atoms with Crippen molar-refractivity contribution in [2.75, 3.05) is 13.7 Å². The fraction of sp³-hybridized carbons (Fsp3) is 0.200. The number of rotatable bonds is 6. The van der Waals surface area contributed by atoms with Gasteiger partial charge in [-0.2, -0.15) is 0 Å². The minimum absolute atomic E-state index is 0.0197. The van der Waals surface area contributed by atoms with E-state index in [2.05, 4.69) is 10.3 Å². The highest BCUT2D eigenvalue weighted by molar-refractivity contribution is 5.99. The number of furan rings is 1. The van der Waals surface area contributed by atoms with E-state index in [4.69, 9.17) is 9.15 Å². The van der Waals surface area contributed by atoms with E-state index in [1.54, 1.807) is 24.5 Å². The number of pyridine rings is 1. The van der Waals surface area contributed by atoms with Crippen LogP contribution in [0.5, 0.6) is 5.75 Å². The van der Waals surface area contributed by atoms with Crippen molar-refractivity contribution < 1.29 is 27.9 Å². The molecule has 0 bridgehead atoms. The van der Waals surface area contributed by atoms with Crippen molar-refractivity contribution in [2.24, 2.45) is 0 Å². The SMILES string of the molecule is COc1cc2c(cc1F)CN(C[C@H](NC(=O)NC=O)c1cc3cnccc3o1)C2=O. The molecular weight excluding hydrogens is 395 g/mol. The number of urea groups is 1. The predicted molar refractivity (Wildman–Crippen MR) is 102 cm³/mol. The monoisotopic (exact) mass is 412 g/mol. The van der Waals surface area contributed by atoms with Gasteiger partial charge in [-0.25, -0.2) is 9.18 Å². The normalized spacial score (nSPS) is 13.8. The molecule has 0 aliphatic carbocycles. The third-order valence-electron chi connectivity index (χ3n) is 4.83. The maximum atomic E-state index is 14.0. The summed E-state index contributed by atoms with van der Waals surface area (Å²) >= 11 is 0. The molecule has 1 aliphatic rings. The van der Waals surface area contributed by atoms with E-state index in [1.165, 1.54) is 24.1 Å². The molecular formula is C20H17FN4O5. The molecule has 3 aromatic rings. The second-order valence-corrected chi connectivity index (χ2v) is 6.68. The Balaban J connectivity index is 1.62. The highest BCUT2D eigenvalue weighted by Gasteiger charge is 2.32. The van der Waals surface area contributed by atoms with Gasteiger partial charge in [-0.3, -0.25) is 19.9 Å². The molecule has 2 N–H and O–H groups in total. The lowest BCUT2D eigenvalue weighted by Gasteiger charge is -2.23. The summed E-state index contributed by atoms with van der Waals surface area (Å²) < 4.78 is 24.8. The Morgan fingerprint density at radius 2 is 2.27 bits per heavy atom. The molecule has 0 radical (unpaired) electrons. The van der Waals surface area contributed by atoms with Gasteiger partial charge >= 0.3 is 6.03 Å². The largest absolute Gasteiger partial charge is 0.494 e. The van der Waals surface area contributed by atoms with Crippen LogP contribution in [-0.2, 0) is 11.3 Å². The van der Waals surface area contributed by atoms with Gasteiger partial charge in [-0.1, -0.05) is 0 Å². The van der Waals surface area contributed by atoms with E-state index < -0.39 is 17.9 Å². The summed E-state index contributed by atoms with van der Waals surface area (Å²) in [5.41, 5.74) is 1.41. The van der Waals surface area contributed by atoms with Gasteiger partial charge in [0.1, 0.15) is 17.4 Å². The molecule has 4 rings (SSSR count). The fourth-order valence-corrected chi connectivity index (χ4v) is 3.43. The molecule has 0 saturated carbocycles. The first kappa shape index (κ1) is 19.4. The molecule has 2 aromatic heterocycles. The lowest BCUT2D eigenvalue weighted by molar-refractivity contribution is -0.108. The number of fused-ring (bicyclic) bond motifs is 2. The number of nitrogens with one attached hydrogen (secondary N) is 2. The Morgan fingerprint density at radius 3 is 3.00 bits per heavy atom. The van der Waals surface area contributed by atoms with Crippen LogP contribution in [0, 0.1) is 5.82 Å². The van der Waals surface area contributed by atoms with Crippen molar-refractivity contribution in [1.29, 1.82) is 0 Å². The molecule has 0 saturated heterocycles. The summed E-state index contributed by atoms with van der Waals surface area (Å²) in [6.45, 7) is 0.196. The van der Waals surface area contributed by atoms with E-state index in [-0.39, 0.29) is 31.2 Å². The summed E-state index contributed by atoms with van der Waals surface area (Å²) in [5.74, 6) is -0.528. The number of methoxy groups -OCH3 is 1. The molecule has 3 heterocycles. The predicted octanol–water partition coefficient (Wildman–Crippen LogP) is 2.13. The molecule has 0 unspecified atom stereocenters. The van der Waals surface area contributed by atoms with Gasteiger partial charge in [-0.15, -0.1) is 0 Å². The van der Waals surface area contributed by atoms with Crippen molar-refractivity contribution in [3.05, 3.63) is 59.4 Å². The fourth-order valence-electron chi connectivity index (χ4n) is 3.43. The van der Waals surface area contributed by atoms with Gasteiger partial charge in [0.05, 0.1) is 7.11 Å². The third kappa shape index (κ3) is 3.54. The zero-order valence-electron chi connectivity index (χ0n) is 15.8. The number of hydrogen-bond donors (Lipinski definition) is 2. The van der Waals surface area contributed by atoms with E-state index in [0.717, 1.165) is 5.39 Å². The molecule has 4 amide bonds. The standard InChI is InChI=1S/C20H17FN4O5/c1-29-17-6-13-12(4-14(17)21)8-25(19(13)27)9-15(24-20(28)23-10-26)18-5-11-7-22-3-2-16(11)30-18/h2-7,10,15H,8-9H2,1H3,(H2,23,24,26,28)/t15-/m0/s1. The van der Waals surface area contributed by atoms with Gasteiger partial charge in [0.2, 0.25) is 6.41 Å². The van der Waals surface area contributed by atoms with Crippen LogP contribution >= 0.6 is 0 Å². The van der Waals surface area contributed by atoms with E-state index in [9.17, 15) is 18.8 Å². The minimum atomic E-state index is -0.762. The van der Waals surface area contributed by atoms with Crippen molar-refractivity contribution in [3.8, 4) is 5.75 Å². The molecule has 1 atom stereocenters. The zero-order valence-corrected chi connectivity index (χ0v) is 15.8. The van der Waals surface area contributed by atoms with Crippen LogP contribution in [-0.4, -0.2) is 41.9 Å². The Labute approximate surface area is 169 Å². The maximum Gasteiger partial charge on any atom is 0.321 e. The van der Waals surface area contributed by atoms with Crippen LogP contribution in [0.15, 0.2) is 41.1 Å². The average molecular weight is 412 g/mol. The lowest BCUT2D eigenvalue weighted by Crippen LogP contribution is -2.42. The number of halogens is 1. The van der Waals surface area contributed by atoms with Crippen LogP contribution in [0.1, 0.15) is 27.7 Å². The van der Waals surface area contributed by atoms with E-state index in [0.29, 0.717) is 22.5 Å². The second kappa shape index (κ2) is 7.82. The Bertz CT molecular complexity index is 1110. The number of nitrogens with zero attached hydrogens (tertiary/aromatic N) is 2. The zero-order chi connectivity index (χ0) is 21.3. The number of carbonyl (C=O) groups is 3. The van der Waals surface area contributed by atoms with E-state index in [1.807, 2.05) is 5.32 Å². The molecule has 9 nitrogen and oxygen atoms in total. The average Bonchev–Trinajstić information content (AvgIpc) is 3.28. The Hall–Kier alpha value is -3.95. The van der Waals surface area contributed by atoms with Crippen molar-refractivity contribution in [2.45, 2.75) is 12.6 Å². The lowest BCUT2D eigenvalue weighted by atomic mass is 10.1. The number of imide groups is 1. The van der Waals surface area contributed by atoms with Crippen LogP contribution in [0.2, 0.25) is 0 Å². The second-order valence-electron chi connectivity index (χ2n) is 6.68. The number of carbonyl (C=O) groups excluding carboxylic acids is 3. The summed E-state index contributed by atoms with van der Waals surface area (Å²) in [6, 6.07) is 4.49. The summed E-state index contributed by atoms with van der Waals surface area (Å²) in [6.07, 6.45) is 3.43. The first-order valence-electron chi connectivity index (χ1n) is 9.00. The Morgan fingerprint density at radius 1 is 1.43 bits per heavy atom. The summed E-state index contributed by atoms with van der Waals surface area (Å²) in [7, 11) is 1.32. The maximum absolute atomic E-state index is 14.0. The van der Waals surface area contributed by atoms with Gasteiger partial charge in [-0.05, 0) is 29.8 Å². The molecule has 1 aromatic carbocycles. The molecule has 0 fully saturated rings. The molecule has 30 heavy (non-hydrogen) atoms.